The molecule has 1 aliphatic heterocycles. The van der Waals surface area contributed by atoms with E-state index in [0.717, 1.165) is 12.8 Å². The van der Waals surface area contributed by atoms with Crippen molar-refractivity contribution in [1.82, 2.24) is 15.5 Å². The molecule has 32 heavy (non-hydrogen) atoms. The molecule has 0 spiro atoms. The van der Waals surface area contributed by atoms with E-state index in [9.17, 15) is 29.4 Å². The lowest BCUT2D eigenvalue weighted by Gasteiger charge is -2.29. The largest absolute Gasteiger partial charge is 0.480 e. The number of carbonyl (C=O) groups is 4. The topological polar surface area (TPSA) is 188 Å². The Labute approximate surface area is 189 Å². The second-order valence-corrected chi connectivity index (χ2v) is 8.84. The summed E-state index contributed by atoms with van der Waals surface area (Å²) < 4.78 is 0. The van der Waals surface area contributed by atoms with Crippen molar-refractivity contribution in [2.24, 2.45) is 17.4 Å². The number of aliphatic hydroxyl groups excluding tert-OH is 1. The van der Waals surface area contributed by atoms with E-state index >= 15 is 0 Å². The number of hydrogen-bond acceptors (Lipinski definition) is 7. The van der Waals surface area contributed by atoms with Crippen LogP contribution in [0.5, 0.6) is 0 Å². The number of nitrogens with zero attached hydrogens (tertiary/aromatic N) is 1. The van der Waals surface area contributed by atoms with Gasteiger partial charge in [0, 0.05) is 6.54 Å². The minimum absolute atomic E-state index is 0.0261. The summed E-state index contributed by atoms with van der Waals surface area (Å²) in [7, 11) is 0. The molecule has 11 heteroatoms. The molecule has 0 aromatic heterocycles. The molecule has 0 radical (unpaired) electrons. The lowest BCUT2D eigenvalue weighted by atomic mass is 10.0. The molecule has 5 atom stereocenters. The Bertz CT molecular complexity index is 657. The highest BCUT2D eigenvalue weighted by Gasteiger charge is 2.38. The quantitative estimate of drug-likeness (QED) is 0.188. The van der Waals surface area contributed by atoms with Crippen LogP contribution in [0.1, 0.15) is 59.3 Å². The number of amides is 3. The predicted octanol–water partition coefficient (Wildman–Crippen LogP) is -1.09. The Morgan fingerprint density at radius 2 is 1.78 bits per heavy atom. The van der Waals surface area contributed by atoms with Gasteiger partial charge in [0.1, 0.15) is 12.1 Å². The lowest BCUT2D eigenvalue weighted by Crippen LogP contribution is -2.58. The lowest BCUT2D eigenvalue weighted by molar-refractivity contribution is -0.145. The van der Waals surface area contributed by atoms with Crippen molar-refractivity contribution in [1.29, 1.82) is 0 Å². The van der Waals surface area contributed by atoms with Crippen molar-refractivity contribution in [3.63, 3.8) is 0 Å². The molecule has 0 bridgehead atoms. The maximum Gasteiger partial charge on any atom is 0.328 e. The normalized spacial score (nSPS) is 19.8. The number of nitrogens with two attached hydrogens (primary N) is 2. The fraction of sp³-hybridized carbons (Fsp3) is 0.810. The monoisotopic (exact) mass is 457 g/mol. The van der Waals surface area contributed by atoms with Crippen LogP contribution in [-0.4, -0.2) is 82.2 Å². The van der Waals surface area contributed by atoms with E-state index < -0.39 is 48.1 Å². The van der Waals surface area contributed by atoms with Crippen LogP contribution in [0, 0.1) is 5.92 Å². The average Bonchev–Trinajstić information content (AvgIpc) is 3.19. The molecule has 1 rings (SSSR count). The number of rotatable bonds is 13. The Kier molecular flexibility index (Phi) is 11.6. The van der Waals surface area contributed by atoms with Gasteiger partial charge in [0.05, 0.1) is 12.1 Å². The standard InChI is InChI=1S/C21H39N5O6/c1-12(2)11-15(18(28)25-17(13(3)27)21(31)32)24-19(29)16-8-6-10-26(16)20(30)14(23)7-4-5-9-22/h12-17,27H,4-11,22-23H2,1-3H3,(H,24,29)(H,25,28)(H,31,32). The fourth-order valence-corrected chi connectivity index (χ4v) is 3.76. The summed E-state index contributed by atoms with van der Waals surface area (Å²) in [6.45, 7) is 5.91. The van der Waals surface area contributed by atoms with Gasteiger partial charge >= 0.3 is 5.97 Å². The van der Waals surface area contributed by atoms with Gasteiger partial charge in [0.15, 0.2) is 6.04 Å². The first-order valence-corrected chi connectivity index (χ1v) is 11.3. The number of likely N-dealkylation sites (tertiary alicyclic amines) is 1. The van der Waals surface area contributed by atoms with Crippen molar-refractivity contribution < 1.29 is 29.4 Å². The summed E-state index contributed by atoms with van der Waals surface area (Å²) in [5, 5.41) is 23.8. The number of aliphatic hydroxyl groups is 1. The SMILES string of the molecule is CC(C)CC(NC(=O)C1CCCN1C(=O)C(N)CCCCN)C(=O)NC(C(=O)O)C(C)O. The van der Waals surface area contributed by atoms with Crippen molar-refractivity contribution >= 4 is 23.7 Å². The van der Waals surface area contributed by atoms with Crippen LogP contribution in [0.2, 0.25) is 0 Å². The van der Waals surface area contributed by atoms with Crippen LogP contribution in [0.15, 0.2) is 0 Å². The molecule has 0 aromatic rings. The average molecular weight is 458 g/mol. The number of hydrogen-bond donors (Lipinski definition) is 6. The molecule has 1 saturated heterocycles. The Morgan fingerprint density at radius 1 is 1.12 bits per heavy atom. The predicted molar refractivity (Wildman–Crippen MR) is 118 cm³/mol. The number of unbranched alkanes of at least 4 members (excludes halogenated alkanes) is 1. The van der Waals surface area contributed by atoms with Crippen molar-refractivity contribution in [3.05, 3.63) is 0 Å². The van der Waals surface area contributed by atoms with E-state index in [1.54, 1.807) is 0 Å². The molecule has 1 fully saturated rings. The number of carboxylic acid groups (broad SMARTS) is 1. The van der Waals surface area contributed by atoms with E-state index in [0.29, 0.717) is 32.4 Å². The molecule has 184 valence electrons. The van der Waals surface area contributed by atoms with E-state index in [4.69, 9.17) is 11.5 Å². The van der Waals surface area contributed by atoms with Gasteiger partial charge in [0.2, 0.25) is 17.7 Å². The van der Waals surface area contributed by atoms with Gasteiger partial charge in [-0.2, -0.15) is 0 Å². The van der Waals surface area contributed by atoms with Crippen LogP contribution in [0.4, 0.5) is 0 Å². The fourth-order valence-electron chi connectivity index (χ4n) is 3.76. The highest BCUT2D eigenvalue weighted by molar-refractivity contribution is 5.94. The Hall–Kier alpha value is -2.24. The van der Waals surface area contributed by atoms with Gasteiger partial charge in [-0.15, -0.1) is 0 Å². The van der Waals surface area contributed by atoms with Crippen molar-refractivity contribution in [3.8, 4) is 0 Å². The van der Waals surface area contributed by atoms with E-state index in [2.05, 4.69) is 10.6 Å². The van der Waals surface area contributed by atoms with Gasteiger partial charge < -0.3 is 37.2 Å². The Balaban J connectivity index is 2.86. The Morgan fingerprint density at radius 3 is 2.31 bits per heavy atom. The molecular weight excluding hydrogens is 418 g/mol. The summed E-state index contributed by atoms with van der Waals surface area (Å²) in [6.07, 6.45) is 2.02. The number of aliphatic carboxylic acids is 1. The van der Waals surface area contributed by atoms with Crippen molar-refractivity contribution in [2.75, 3.05) is 13.1 Å². The first kappa shape index (κ1) is 27.8. The molecule has 1 aliphatic rings. The molecule has 8 N–H and O–H groups in total. The minimum Gasteiger partial charge on any atom is -0.480 e. The highest BCUT2D eigenvalue weighted by atomic mass is 16.4. The maximum atomic E-state index is 13.0. The van der Waals surface area contributed by atoms with Gasteiger partial charge in [0.25, 0.3) is 0 Å². The molecular formula is C21H39N5O6. The zero-order valence-corrected chi connectivity index (χ0v) is 19.3. The summed E-state index contributed by atoms with van der Waals surface area (Å²) in [4.78, 5) is 51.2. The van der Waals surface area contributed by atoms with Crippen LogP contribution in [-0.2, 0) is 19.2 Å². The number of carboxylic acids is 1. The zero-order valence-electron chi connectivity index (χ0n) is 19.3. The van der Waals surface area contributed by atoms with Crippen LogP contribution >= 0.6 is 0 Å². The highest BCUT2D eigenvalue weighted by Crippen LogP contribution is 2.20. The molecule has 1 heterocycles. The number of nitrogens with one attached hydrogen (secondary N) is 2. The summed E-state index contributed by atoms with van der Waals surface area (Å²) in [5.74, 6) is -2.83. The smallest absolute Gasteiger partial charge is 0.328 e. The van der Waals surface area contributed by atoms with Gasteiger partial charge in [-0.1, -0.05) is 20.3 Å². The van der Waals surface area contributed by atoms with E-state index in [1.807, 2.05) is 13.8 Å². The van der Waals surface area contributed by atoms with Gasteiger partial charge in [-0.25, -0.2) is 4.79 Å². The van der Waals surface area contributed by atoms with Gasteiger partial charge in [-0.05, 0) is 51.5 Å². The minimum atomic E-state index is -1.50. The van der Waals surface area contributed by atoms with E-state index in [1.165, 1.54) is 11.8 Å². The molecule has 5 unspecified atom stereocenters. The first-order valence-electron chi connectivity index (χ1n) is 11.3. The second-order valence-electron chi connectivity index (χ2n) is 8.84. The van der Waals surface area contributed by atoms with Crippen molar-refractivity contribution in [2.45, 2.75) is 89.6 Å². The third-order valence-electron chi connectivity index (χ3n) is 5.51. The molecule has 0 aromatic carbocycles. The third kappa shape index (κ3) is 8.36. The van der Waals surface area contributed by atoms with Crippen LogP contribution in [0.3, 0.4) is 0 Å². The summed E-state index contributed by atoms with van der Waals surface area (Å²) >= 11 is 0. The first-order chi connectivity index (χ1) is 15.0. The zero-order chi connectivity index (χ0) is 24.4. The van der Waals surface area contributed by atoms with E-state index in [-0.39, 0.29) is 18.2 Å². The second kappa shape index (κ2) is 13.3. The maximum absolute atomic E-state index is 13.0. The molecule has 3 amide bonds. The van der Waals surface area contributed by atoms with Crippen LogP contribution in [0.25, 0.3) is 0 Å². The molecule has 11 nitrogen and oxygen atoms in total. The summed E-state index contributed by atoms with van der Waals surface area (Å²) in [6, 6.07) is -3.95. The third-order valence-corrected chi connectivity index (χ3v) is 5.51. The number of carbonyl (C=O) groups excluding carboxylic acids is 3. The van der Waals surface area contributed by atoms with Gasteiger partial charge in [-0.3, -0.25) is 14.4 Å². The molecule has 0 aliphatic carbocycles. The molecule has 0 saturated carbocycles. The summed E-state index contributed by atoms with van der Waals surface area (Å²) in [5.41, 5.74) is 11.5. The van der Waals surface area contributed by atoms with Crippen LogP contribution < -0.4 is 22.1 Å².